The summed E-state index contributed by atoms with van der Waals surface area (Å²) >= 11 is 0. The lowest BCUT2D eigenvalue weighted by molar-refractivity contribution is 0.549. The molecule has 0 bridgehead atoms. The van der Waals surface area contributed by atoms with E-state index < -0.39 is 0 Å². The van der Waals surface area contributed by atoms with Gasteiger partial charge in [-0.1, -0.05) is 0 Å². The van der Waals surface area contributed by atoms with E-state index in [1.165, 1.54) is 0 Å². The van der Waals surface area contributed by atoms with Gasteiger partial charge >= 0.3 is 0 Å². The molecule has 2 aromatic heterocycles. The fourth-order valence-corrected chi connectivity index (χ4v) is 1.50. The zero-order valence-corrected chi connectivity index (χ0v) is 9.09. The van der Waals surface area contributed by atoms with Gasteiger partial charge in [-0.15, -0.1) is 0 Å². The molecule has 0 saturated heterocycles. The zero-order valence-electron chi connectivity index (χ0n) is 9.09. The third-order valence-corrected chi connectivity index (χ3v) is 2.39. The largest absolute Gasteiger partial charge is 0.308 e. The summed E-state index contributed by atoms with van der Waals surface area (Å²) in [4.78, 5) is 8.33. The van der Waals surface area contributed by atoms with Crippen molar-refractivity contribution in [3.63, 3.8) is 0 Å². The van der Waals surface area contributed by atoms with Crippen LogP contribution in [0.2, 0.25) is 0 Å². The Morgan fingerprint density at radius 2 is 2.44 bits per heavy atom. The minimum atomic E-state index is 0.187. The predicted molar refractivity (Wildman–Crippen MR) is 59.5 cm³/mol. The molecule has 2 rings (SSSR count). The highest BCUT2D eigenvalue weighted by Gasteiger charge is 2.05. The molecule has 5 heteroatoms. The van der Waals surface area contributed by atoms with Crippen LogP contribution in [-0.2, 0) is 6.54 Å². The molecular formula is C11H13N5. The van der Waals surface area contributed by atoms with Gasteiger partial charge in [-0.2, -0.15) is 5.26 Å². The molecule has 0 aliphatic heterocycles. The Morgan fingerprint density at radius 3 is 3.25 bits per heavy atom. The number of hydrogen-bond donors (Lipinski definition) is 1. The molecule has 0 amide bonds. The topological polar surface area (TPSA) is 66.0 Å². The van der Waals surface area contributed by atoms with Gasteiger partial charge in [-0.25, -0.2) is 9.97 Å². The number of imidazole rings is 1. The van der Waals surface area contributed by atoms with Gasteiger partial charge in [0.15, 0.2) is 0 Å². The molecule has 0 aliphatic rings. The van der Waals surface area contributed by atoms with Crippen LogP contribution in [0.5, 0.6) is 0 Å². The zero-order chi connectivity index (χ0) is 11.4. The normalized spacial score (nSPS) is 12.5. The summed E-state index contributed by atoms with van der Waals surface area (Å²) < 4.78 is 1.94. The maximum Gasteiger partial charge on any atom is 0.233 e. The fourth-order valence-electron chi connectivity index (χ4n) is 1.50. The molecule has 1 N–H and O–H groups in total. The van der Waals surface area contributed by atoms with Crippen molar-refractivity contribution < 1.29 is 0 Å². The molecule has 0 saturated carbocycles. The van der Waals surface area contributed by atoms with Crippen LogP contribution in [0.25, 0.3) is 5.78 Å². The van der Waals surface area contributed by atoms with E-state index in [2.05, 4.69) is 21.4 Å². The second-order valence-electron chi connectivity index (χ2n) is 3.68. The summed E-state index contributed by atoms with van der Waals surface area (Å²) in [6.07, 6.45) is 5.96. The number of hydrogen-bond acceptors (Lipinski definition) is 4. The van der Waals surface area contributed by atoms with Crippen LogP contribution in [0.4, 0.5) is 0 Å². The van der Waals surface area contributed by atoms with Crippen LogP contribution in [-0.4, -0.2) is 20.4 Å². The first-order chi connectivity index (χ1) is 7.81. The first-order valence-electron chi connectivity index (χ1n) is 5.18. The van der Waals surface area contributed by atoms with E-state index in [1.807, 2.05) is 23.6 Å². The first-order valence-corrected chi connectivity index (χ1v) is 5.18. The third-order valence-electron chi connectivity index (χ3n) is 2.39. The fraction of sp³-hybridized carbons (Fsp3) is 0.364. The maximum atomic E-state index is 8.55. The minimum Gasteiger partial charge on any atom is -0.308 e. The van der Waals surface area contributed by atoms with Crippen molar-refractivity contribution in [2.24, 2.45) is 0 Å². The van der Waals surface area contributed by atoms with Crippen LogP contribution >= 0.6 is 0 Å². The van der Waals surface area contributed by atoms with Gasteiger partial charge in [0.25, 0.3) is 0 Å². The minimum absolute atomic E-state index is 0.187. The molecule has 2 aromatic rings. The van der Waals surface area contributed by atoms with Crippen molar-refractivity contribution in [2.75, 3.05) is 0 Å². The Kier molecular flexibility index (Phi) is 3.13. The Balaban J connectivity index is 2.08. The lowest BCUT2D eigenvalue weighted by Gasteiger charge is -2.09. The highest BCUT2D eigenvalue weighted by molar-refractivity contribution is 5.30. The van der Waals surface area contributed by atoms with Gasteiger partial charge in [0.1, 0.15) is 0 Å². The van der Waals surface area contributed by atoms with Crippen LogP contribution in [0.15, 0.2) is 24.7 Å². The SMILES string of the molecule is CC(CC#N)NCc1cnc2ncccn12. The molecule has 2 heterocycles. The number of nitrogens with zero attached hydrogens (tertiary/aromatic N) is 4. The summed E-state index contributed by atoms with van der Waals surface area (Å²) in [7, 11) is 0. The molecule has 0 spiro atoms. The van der Waals surface area contributed by atoms with Crippen LogP contribution in [0, 0.1) is 11.3 Å². The summed E-state index contributed by atoms with van der Waals surface area (Å²) in [5.74, 6) is 0.701. The molecule has 5 nitrogen and oxygen atoms in total. The lowest BCUT2D eigenvalue weighted by Crippen LogP contribution is -2.25. The van der Waals surface area contributed by atoms with E-state index >= 15 is 0 Å². The molecule has 0 fully saturated rings. The molecular weight excluding hydrogens is 202 g/mol. The Labute approximate surface area is 93.8 Å². The molecule has 82 valence electrons. The number of rotatable bonds is 4. The second kappa shape index (κ2) is 4.73. The van der Waals surface area contributed by atoms with Crippen molar-refractivity contribution in [3.8, 4) is 6.07 Å². The predicted octanol–water partition coefficient (Wildman–Crippen LogP) is 1.12. The van der Waals surface area contributed by atoms with Gasteiger partial charge in [-0.05, 0) is 13.0 Å². The van der Waals surface area contributed by atoms with E-state index in [1.54, 1.807) is 12.4 Å². The van der Waals surface area contributed by atoms with E-state index in [0.29, 0.717) is 18.7 Å². The average Bonchev–Trinajstić information content (AvgIpc) is 2.70. The standard InChI is InChI=1S/C11H13N5/c1-9(3-4-12)14-7-10-8-15-11-13-5-2-6-16(10)11/h2,5-6,8-9,14H,3,7H2,1H3. The summed E-state index contributed by atoms with van der Waals surface area (Å²) in [5.41, 5.74) is 1.05. The van der Waals surface area contributed by atoms with E-state index in [4.69, 9.17) is 5.26 Å². The molecule has 1 unspecified atom stereocenters. The molecule has 16 heavy (non-hydrogen) atoms. The second-order valence-corrected chi connectivity index (χ2v) is 3.68. The first kappa shape index (κ1) is 10.6. The molecule has 0 radical (unpaired) electrons. The van der Waals surface area contributed by atoms with Crippen LogP contribution < -0.4 is 5.32 Å². The highest BCUT2D eigenvalue weighted by Crippen LogP contribution is 2.03. The van der Waals surface area contributed by atoms with Crippen molar-refractivity contribution in [3.05, 3.63) is 30.4 Å². The Hall–Kier alpha value is -1.93. The van der Waals surface area contributed by atoms with Crippen LogP contribution in [0.1, 0.15) is 19.0 Å². The van der Waals surface area contributed by atoms with Crippen molar-refractivity contribution >= 4 is 5.78 Å². The molecule has 0 aliphatic carbocycles. The summed E-state index contributed by atoms with van der Waals surface area (Å²) in [6, 6.07) is 4.20. The Morgan fingerprint density at radius 1 is 1.56 bits per heavy atom. The summed E-state index contributed by atoms with van der Waals surface area (Å²) in [6.45, 7) is 2.68. The number of fused-ring (bicyclic) bond motifs is 1. The monoisotopic (exact) mass is 215 g/mol. The van der Waals surface area contributed by atoms with E-state index in [0.717, 1.165) is 5.69 Å². The Bertz CT molecular complexity index is 510. The van der Waals surface area contributed by atoms with Gasteiger partial charge < -0.3 is 5.32 Å². The summed E-state index contributed by atoms with van der Waals surface area (Å²) in [5, 5.41) is 11.8. The van der Waals surface area contributed by atoms with Gasteiger partial charge in [-0.3, -0.25) is 4.40 Å². The van der Waals surface area contributed by atoms with Crippen molar-refractivity contribution in [1.82, 2.24) is 19.7 Å². The average molecular weight is 215 g/mol. The van der Waals surface area contributed by atoms with Crippen LogP contribution in [0.3, 0.4) is 0 Å². The smallest absolute Gasteiger partial charge is 0.233 e. The highest BCUT2D eigenvalue weighted by atomic mass is 15.1. The maximum absolute atomic E-state index is 8.55. The van der Waals surface area contributed by atoms with Gasteiger partial charge in [0, 0.05) is 25.0 Å². The quantitative estimate of drug-likeness (QED) is 0.830. The lowest BCUT2D eigenvalue weighted by atomic mass is 10.2. The van der Waals surface area contributed by atoms with Gasteiger partial charge in [0.2, 0.25) is 5.78 Å². The van der Waals surface area contributed by atoms with E-state index in [-0.39, 0.29) is 6.04 Å². The molecule has 0 aromatic carbocycles. The third kappa shape index (κ3) is 2.18. The number of nitrogens with one attached hydrogen (secondary N) is 1. The number of aromatic nitrogens is 3. The van der Waals surface area contributed by atoms with Gasteiger partial charge in [0.05, 0.1) is 24.4 Å². The van der Waals surface area contributed by atoms with Crippen molar-refractivity contribution in [2.45, 2.75) is 25.9 Å². The molecule has 1 atom stereocenters. The van der Waals surface area contributed by atoms with Crippen molar-refractivity contribution in [1.29, 1.82) is 5.26 Å². The number of nitriles is 1. The van der Waals surface area contributed by atoms with E-state index in [9.17, 15) is 0 Å².